The Morgan fingerprint density at radius 2 is 2.07 bits per heavy atom. The van der Waals surface area contributed by atoms with Gasteiger partial charge in [0, 0.05) is 12.5 Å². The highest BCUT2D eigenvalue weighted by molar-refractivity contribution is 5.79. The maximum atomic E-state index is 5.37. The van der Waals surface area contributed by atoms with Gasteiger partial charge in [0.2, 0.25) is 0 Å². The van der Waals surface area contributed by atoms with Gasteiger partial charge in [0.1, 0.15) is 5.58 Å². The van der Waals surface area contributed by atoms with Crippen molar-refractivity contribution in [3.8, 4) is 0 Å². The van der Waals surface area contributed by atoms with Crippen LogP contribution in [-0.2, 0) is 17.6 Å². The number of hydrogen-bond acceptors (Lipinski definition) is 2. The van der Waals surface area contributed by atoms with Gasteiger partial charge in [-0.3, -0.25) is 0 Å². The van der Waals surface area contributed by atoms with E-state index in [4.69, 9.17) is 9.15 Å². The van der Waals surface area contributed by atoms with Crippen molar-refractivity contribution in [3.63, 3.8) is 0 Å². The van der Waals surface area contributed by atoms with Crippen LogP contribution >= 0.6 is 0 Å². The minimum absolute atomic E-state index is 0.358. The molecule has 0 N–H and O–H groups in total. The van der Waals surface area contributed by atoms with Crippen LogP contribution in [0.4, 0.5) is 0 Å². The lowest BCUT2D eigenvalue weighted by Crippen LogP contribution is -2.08. The average molecular weight is 188 g/mol. The molecular weight excluding hydrogens is 176 g/mol. The van der Waals surface area contributed by atoms with Gasteiger partial charge in [0.05, 0.1) is 12.4 Å². The van der Waals surface area contributed by atoms with E-state index in [9.17, 15) is 0 Å². The second kappa shape index (κ2) is 2.85. The Hall–Kier alpha value is -1.28. The van der Waals surface area contributed by atoms with E-state index < -0.39 is 0 Å². The molecule has 1 atom stereocenters. The molecule has 72 valence electrons. The monoisotopic (exact) mass is 188 g/mol. The SMILES string of the molecule is COC1Cc2cc3ccoc3cc2C1. The van der Waals surface area contributed by atoms with Crippen LogP contribution in [0.5, 0.6) is 0 Å². The Morgan fingerprint density at radius 3 is 2.86 bits per heavy atom. The first-order chi connectivity index (χ1) is 6.86. The highest BCUT2D eigenvalue weighted by Crippen LogP contribution is 2.29. The van der Waals surface area contributed by atoms with E-state index in [0.717, 1.165) is 18.4 Å². The van der Waals surface area contributed by atoms with Crippen LogP contribution in [0.3, 0.4) is 0 Å². The number of methoxy groups -OCH3 is 1. The summed E-state index contributed by atoms with van der Waals surface area (Å²) in [5.74, 6) is 0. The molecule has 0 bridgehead atoms. The molecule has 0 fully saturated rings. The van der Waals surface area contributed by atoms with Crippen molar-refractivity contribution in [2.24, 2.45) is 0 Å². The van der Waals surface area contributed by atoms with Gasteiger partial charge < -0.3 is 9.15 Å². The van der Waals surface area contributed by atoms with E-state index in [2.05, 4.69) is 12.1 Å². The van der Waals surface area contributed by atoms with Gasteiger partial charge >= 0.3 is 0 Å². The maximum absolute atomic E-state index is 5.37. The third kappa shape index (κ3) is 1.07. The van der Waals surface area contributed by atoms with Crippen LogP contribution in [0.1, 0.15) is 11.1 Å². The summed E-state index contributed by atoms with van der Waals surface area (Å²) in [5.41, 5.74) is 3.77. The zero-order valence-electron chi connectivity index (χ0n) is 8.12. The van der Waals surface area contributed by atoms with E-state index >= 15 is 0 Å². The third-order valence-electron chi connectivity index (χ3n) is 3.00. The number of furan rings is 1. The van der Waals surface area contributed by atoms with Gasteiger partial charge in [0.15, 0.2) is 0 Å². The fraction of sp³-hybridized carbons (Fsp3) is 0.333. The normalized spacial score (nSPS) is 20.2. The average Bonchev–Trinajstić information content (AvgIpc) is 2.77. The third-order valence-corrected chi connectivity index (χ3v) is 3.00. The van der Waals surface area contributed by atoms with Crippen LogP contribution in [0.2, 0.25) is 0 Å². The van der Waals surface area contributed by atoms with Gasteiger partial charge in [-0.2, -0.15) is 0 Å². The molecular formula is C12H12O2. The first-order valence-electron chi connectivity index (χ1n) is 4.88. The van der Waals surface area contributed by atoms with Crippen LogP contribution < -0.4 is 0 Å². The Balaban J connectivity index is 2.13. The summed E-state index contributed by atoms with van der Waals surface area (Å²) in [5, 5.41) is 1.19. The number of fused-ring (bicyclic) bond motifs is 2. The highest BCUT2D eigenvalue weighted by atomic mass is 16.5. The summed E-state index contributed by atoms with van der Waals surface area (Å²) in [4.78, 5) is 0. The summed E-state index contributed by atoms with van der Waals surface area (Å²) < 4.78 is 10.7. The molecule has 2 heteroatoms. The molecule has 0 saturated carbocycles. The van der Waals surface area contributed by atoms with Crippen LogP contribution in [0.15, 0.2) is 28.9 Å². The predicted octanol–water partition coefficient (Wildman–Crippen LogP) is 2.55. The fourth-order valence-corrected chi connectivity index (χ4v) is 2.21. The molecule has 0 spiro atoms. The highest BCUT2D eigenvalue weighted by Gasteiger charge is 2.21. The minimum atomic E-state index is 0.358. The molecule has 0 radical (unpaired) electrons. The van der Waals surface area contributed by atoms with Gasteiger partial charge in [-0.05, 0) is 42.2 Å². The Labute approximate surface area is 82.5 Å². The first kappa shape index (κ1) is 8.06. The van der Waals surface area contributed by atoms with Gasteiger partial charge in [-0.15, -0.1) is 0 Å². The standard InChI is InChI=1S/C12H12O2/c1-13-11-5-9-4-8-2-3-14-12(8)7-10(9)6-11/h2-4,7,11H,5-6H2,1H3. The van der Waals surface area contributed by atoms with E-state index in [0.29, 0.717) is 6.10 Å². The predicted molar refractivity (Wildman–Crippen MR) is 54.4 cm³/mol. The van der Waals surface area contributed by atoms with Gasteiger partial charge in [-0.1, -0.05) is 0 Å². The van der Waals surface area contributed by atoms with Crippen LogP contribution in [-0.4, -0.2) is 13.2 Å². The largest absolute Gasteiger partial charge is 0.464 e. The number of ether oxygens (including phenoxy) is 1. The number of rotatable bonds is 1. The Bertz CT molecular complexity index is 430. The Morgan fingerprint density at radius 1 is 1.29 bits per heavy atom. The van der Waals surface area contributed by atoms with E-state index in [1.165, 1.54) is 16.5 Å². The lowest BCUT2D eigenvalue weighted by atomic mass is 10.1. The van der Waals surface area contributed by atoms with Crippen LogP contribution in [0.25, 0.3) is 11.0 Å². The smallest absolute Gasteiger partial charge is 0.134 e. The second-order valence-corrected chi connectivity index (χ2v) is 3.85. The van der Waals surface area contributed by atoms with E-state index in [1.54, 1.807) is 13.4 Å². The molecule has 3 rings (SSSR count). The molecule has 1 aromatic heterocycles. The summed E-state index contributed by atoms with van der Waals surface area (Å²) in [6.45, 7) is 0. The first-order valence-corrected chi connectivity index (χ1v) is 4.88. The van der Waals surface area contributed by atoms with Crippen molar-refractivity contribution in [3.05, 3.63) is 35.6 Å². The molecule has 0 amide bonds. The van der Waals surface area contributed by atoms with Crippen molar-refractivity contribution < 1.29 is 9.15 Å². The van der Waals surface area contributed by atoms with Crippen molar-refractivity contribution in [2.45, 2.75) is 18.9 Å². The maximum Gasteiger partial charge on any atom is 0.134 e. The molecule has 1 heterocycles. The summed E-state index contributed by atoms with van der Waals surface area (Å²) in [6.07, 6.45) is 4.15. The van der Waals surface area contributed by atoms with Crippen LogP contribution in [0, 0.1) is 0 Å². The van der Waals surface area contributed by atoms with Crippen molar-refractivity contribution >= 4 is 11.0 Å². The summed E-state index contributed by atoms with van der Waals surface area (Å²) in [6, 6.07) is 6.37. The zero-order chi connectivity index (χ0) is 9.54. The van der Waals surface area contributed by atoms with Gasteiger partial charge in [-0.25, -0.2) is 0 Å². The molecule has 2 aromatic rings. The summed E-state index contributed by atoms with van der Waals surface area (Å²) >= 11 is 0. The van der Waals surface area contributed by atoms with Crippen molar-refractivity contribution in [2.75, 3.05) is 7.11 Å². The van der Waals surface area contributed by atoms with Crippen molar-refractivity contribution in [1.82, 2.24) is 0 Å². The Kier molecular flexibility index (Phi) is 1.64. The number of hydrogen-bond donors (Lipinski definition) is 0. The van der Waals surface area contributed by atoms with E-state index in [-0.39, 0.29) is 0 Å². The van der Waals surface area contributed by atoms with E-state index in [1.807, 2.05) is 6.07 Å². The summed E-state index contributed by atoms with van der Waals surface area (Å²) in [7, 11) is 1.78. The number of benzene rings is 1. The molecule has 2 nitrogen and oxygen atoms in total. The minimum Gasteiger partial charge on any atom is -0.464 e. The second-order valence-electron chi connectivity index (χ2n) is 3.85. The molecule has 1 unspecified atom stereocenters. The quantitative estimate of drug-likeness (QED) is 0.686. The fourth-order valence-electron chi connectivity index (χ4n) is 2.21. The molecule has 1 aliphatic rings. The molecule has 1 aromatic carbocycles. The molecule has 1 aliphatic carbocycles. The lowest BCUT2D eigenvalue weighted by Gasteiger charge is -2.03. The molecule has 0 aliphatic heterocycles. The molecule has 0 saturated heterocycles. The zero-order valence-corrected chi connectivity index (χ0v) is 8.12. The topological polar surface area (TPSA) is 22.4 Å². The lowest BCUT2D eigenvalue weighted by molar-refractivity contribution is 0.112. The van der Waals surface area contributed by atoms with Gasteiger partial charge in [0.25, 0.3) is 0 Å². The van der Waals surface area contributed by atoms with Crippen molar-refractivity contribution in [1.29, 1.82) is 0 Å². The molecule has 14 heavy (non-hydrogen) atoms.